The van der Waals surface area contributed by atoms with Gasteiger partial charge in [-0.05, 0) is 45.4 Å². The zero-order chi connectivity index (χ0) is 13.5. The number of nitrogens with two attached hydrogens (primary N) is 1. The van der Waals surface area contributed by atoms with Crippen molar-refractivity contribution in [2.45, 2.75) is 51.4 Å². The van der Waals surface area contributed by atoms with Crippen molar-refractivity contribution >= 4 is 6.09 Å². The zero-order valence-corrected chi connectivity index (χ0v) is 11.4. The fraction of sp³-hybridized carbons (Fsp3) is 0.923. The molecule has 1 amide bonds. The molecule has 104 valence electrons. The van der Waals surface area contributed by atoms with Crippen LogP contribution in [0.1, 0.15) is 33.6 Å². The van der Waals surface area contributed by atoms with Gasteiger partial charge in [-0.2, -0.15) is 0 Å². The fourth-order valence-electron chi connectivity index (χ4n) is 3.00. The van der Waals surface area contributed by atoms with E-state index in [-0.39, 0.29) is 30.1 Å². The summed E-state index contributed by atoms with van der Waals surface area (Å²) < 4.78 is 5.39. The molecule has 1 saturated carbocycles. The lowest BCUT2D eigenvalue weighted by Gasteiger charge is -2.47. The van der Waals surface area contributed by atoms with E-state index in [0.717, 1.165) is 0 Å². The van der Waals surface area contributed by atoms with Crippen LogP contribution in [0.15, 0.2) is 0 Å². The van der Waals surface area contributed by atoms with Crippen molar-refractivity contribution in [3.05, 3.63) is 0 Å². The molecule has 3 N–H and O–H groups in total. The van der Waals surface area contributed by atoms with Crippen molar-refractivity contribution in [3.8, 4) is 0 Å². The first kappa shape index (κ1) is 13.6. The summed E-state index contributed by atoms with van der Waals surface area (Å²) in [5.41, 5.74) is 5.68. The first-order chi connectivity index (χ1) is 8.26. The first-order valence-corrected chi connectivity index (χ1v) is 6.68. The lowest BCUT2D eigenvalue weighted by atomic mass is 9.73. The third kappa shape index (κ3) is 2.95. The Balaban J connectivity index is 2.00. The average molecular weight is 256 g/mol. The van der Waals surface area contributed by atoms with Crippen LogP contribution in [0.2, 0.25) is 0 Å². The number of hydrogen-bond acceptors (Lipinski definition) is 4. The number of nitrogens with zero attached hydrogens (tertiary/aromatic N) is 1. The smallest absolute Gasteiger partial charge is 0.410 e. The number of likely N-dealkylation sites (tertiary alicyclic amines) is 1. The second-order valence-electron chi connectivity index (χ2n) is 6.61. The minimum atomic E-state index is -0.467. The molecule has 1 aliphatic heterocycles. The Morgan fingerprint density at radius 2 is 1.78 bits per heavy atom. The van der Waals surface area contributed by atoms with Crippen LogP contribution in [0, 0.1) is 11.8 Å². The molecule has 2 bridgehead atoms. The number of amides is 1. The van der Waals surface area contributed by atoms with E-state index in [9.17, 15) is 9.90 Å². The summed E-state index contributed by atoms with van der Waals surface area (Å²) in [6, 6.07) is 0.104. The van der Waals surface area contributed by atoms with Gasteiger partial charge in [-0.3, -0.25) is 0 Å². The molecule has 1 heterocycles. The van der Waals surface area contributed by atoms with Crippen LogP contribution in [0.3, 0.4) is 0 Å². The van der Waals surface area contributed by atoms with Crippen LogP contribution in [0.25, 0.3) is 0 Å². The summed E-state index contributed by atoms with van der Waals surface area (Å²) in [5, 5.41) is 9.75. The van der Waals surface area contributed by atoms with Crippen molar-refractivity contribution in [2.24, 2.45) is 17.6 Å². The van der Waals surface area contributed by atoms with Gasteiger partial charge in [0.05, 0.1) is 6.10 Å². The molecule has 2 unspecified atom stereocenters. The summed E-state index contributed by atoms with van der Waals surface area (Å²) in [6.07, 6.45) is 0.856. The summed E-state index contributed by atoms with van der Waals surface area (Å²) >= 11 is 0. The lowest BCUT2D eigenvalue weighted by Crippen LogP contribution is -2.59. The third-order valence-electron chi connectivity index (χ3n) is 3.80. The van der Waals surface area contributed by atoms with E-state index in [4.69, 9.17) is 10.5 Å². The number of aliphatic hydroxyl groups excluding tert-OH is 1. The van der Waals surface area contributed by atoms with E-state index in [0.29, 0.717) is 25.9 Å². The SMILES string of the molecule is CC(C)(C)OC(=O)N1CC2CC(O)CC(C1)C2N. The average Bonchev–Trinajstić information content (AvgIpc) is 2.17. The molecule has 2 aliphatic rings. The van der Waals surface area contributed by atoms with Gasteiger partial charge in [0.15, 0.2) is 0 Å². The molecule has 18 heavy (non-hydrogen) atoms. The lowest BCUT2D eigenvalue weighted by molar-refractivity contribution is -0.0266. The molecular weight excluding hydrogens is 232 g/mol. The number of aliphatic hydroxyl groups is 1. The molecule has 0 aromatic heterocycles. The second-order valence-corrected chi connectivity index (χ2v) is 6.61. The van der Waals surface area contributed by atoms with Crippen molar-refractivity contribution in [1.29, 1.82) is 0 Å². The molecule has 0 spiro atoms. The Morgan fingerprint density at radius 1 is 1.28 bits per heavy atom. The van der Waals surface area contributed by atoms with Crippen LogP contribution >= 0.6 is 0 Å². The Kier molecular flexibility index (Phi) is 3.56. The Bertz CT molecular complexity index is 311. The maximum Gasteiger partial charge on any atom is 0.410 e. The van der Waals surface area contributed by atoms with E-state index >= 15 is 0 Å². The number of piperidine rings is 1. The van der Waals surface area contributed by atoms with Crippen molar-refractivity contribution < 1.29 is 14.6 Å². The summed E-state index contributed by atoms with van der Waals surface area (Å²) in [4.78, 5) is 13.8. The van der Waals surface area contributed by atoms with Crippen LogP contribution in [-0.4, -0.2) is 46.9 Å². The highest BCUT2D eigenvalue weighted by Crippen LogP contribution is 2.34. The van der Waals surface area contributed by atoms with Gasteiger partial charge in [-0.25, -0.2) is 4.79 Å². The van der Waals surface area contributed by atoms with Gasteiger partial charge >= 0.3 is 6.09 Å². The van der Waals surface area contributed by atoms with Gasteiger partial charge < -0.3 is 20.5 Å². The van der Waals surface area contributed by atoms with Gasteiger partial charge in [0.25, 0.3) is 0 Å². The molecule has 1 aliphatic carbocycles. The molecule has 0 radical (unpaired) electrons. The molecule has 0 aromatic carbocycles. The molecule has 1 saturated heterocycles. The summed E-state index contributed by atoms with van der Waals surface area (Å²) in [6.45, 7) is 6.80. The zero-order valence-electron chi connectivity index (χ0n) is 11.4. The van der Waals surface area contributed by atoms with Gasteiger partial charge in [0.1, 0.15) is 5.60 Å². The van der Waals surface area contributed by atoms with Crippen molar-refractivity contribution in [3.63, 3.8) is 0 Å². The molecular formula is C13H24N2O3. The van der Waals surface area contributed by atoms with E-state index in [2.05, 4.69) is 0 Å². The van der Waals surface area contributed by atoms with Gasteiger partial charge in [-0.1, -0.05) is 0 Å². The number of fused-ring (bicyclic) bond motifs is 2. The predicted molar refractivity (Wildman–Crippen MR) is 68.0 cm³/mol. The van der Waals surface area contributed by atoms with Crippen molar-refractivity contribution in [1.82, 2.24) is 4.90 Å². The maximum absolute atomic E-state index is 12.0. The van der Waals surface area contributed by atoms with E-state index in [1.807, 2.05) is 20.8 Å². The highest BCUT2D eigenvalue weighted by atomic mass is 16.6. The largest absolute Gasteiger partial charge is 0.444 e. The fourth-order valence-corrected chi connectivity index (χ4v) is 3.00. The molecule has 2 fully saturated rings. The van der Waals surface area contributed by atoms with Crippen LogP contribution < -0.4 is 5.73 Å². The number of carbonyl (C=O) groups excluding carboxylic acids is 1. The van der Waals surface area contributed by atoms with Gasteiger partial charge in [0.2, 0.25) is 0 Å². The Labute approximate surface area is 108 Å². The van der Waals surface area contributed by atoms with Crippen molar-refractivity contribution in [2.75, 3.05) is 13.1 Å². The highest BCUT2D eigenvalue weighted by Gasteiger charge is 2.42. The molecule has 5 nitrogen and oxygen atoms in total. The van der Waals surface area contributed by atoms with E-state index in [1.54, 1.807) is 4.90 Å². The maximum atomic E-state index is 12.0. The highest BCUT2D eigenvalue weighted by molar-refractivity contribution is 5.68. The molecule has 5 heteroatoms. The number of carbonyl (C=O) groups is 1. The van der Waals surface area contributed by atoms with Gasteiger partial charge in [0, 0.05) is 19.1 Å². The van der Waals surface area contributed by atoms with Crippen LogP contribution in [0.5, 0.6) is 0 Å². The predicted octanol–water partition coefficient (Wildman–Crippen LogP) is 0.952. The summed E-state index contributed by atoms with van der Waals surface area (Å²) in [5.74, 6) is 0.389. The normalized spacial score (nSPS) is 36.4. The molecule has 2 atom stereocenters. The topological polar surface area (TPSA) is 75.8 Å². The quantitative estimate of drug-likeness (QED) is 0.676. The van der Waals surface area contributed by atoms with E-state index in [1.165, 1.54) is 0 Å². The molecule has 0 aromatic rings. The van der Waals surface area contributed by atoms with Crippen LogP contribution in [-0.2, 0) is 4.74 Å². The third-order valence-corrected chi connectivity index (χ3v) is 3.80. The number of ether oxygens (including phenoxy) is 1. The minimum Gasteiger partial charge on any atom is -0.444 e. The Morgan fingerprint density at radius 3 is 2.22 bits per heavy atom. The molecule has 2 rings (SSSR count). The number of hydrogen-bond donors (Lipinski definition) is 2. The minimum absolute atomic E-state index is 0.104. The van der Waals surface area contributed by atoms with Crippen LogP contribution in [0.4, 0.5) is 4.79 Å². The second kappa shape index (κ2) is 4.70. The summed E-state index contributed by atoms with van der Waals surface area (Å²) in [7, 11) is 0. The first-order valence-electron chi connectivity index (χ1n) is 6.68. The van der Waals surface area contributed by atoms with Gasteiger partial charge in [-0.15, -0.1) is 0 Å². The Hall–Kier alpha value is -0.810. The number of rotatable bonds is 0. The van der Waals surface area contributed by atoms with E-state index < -0.39 is 5.60 Å². The standard InChI is InChI=1S/C13H24N2O3/c1-13(2,3)18-12(17)15-6-8-4-10(16)5-9(7-15)11(8)14/h8-11,16H,4-7,14H2,1-3H3. The monoisotopic (exact) mass is 256 g/mol.